The van der Waals surface area contributed by atoms with Gasteiger partial charge in [0.1, 0.15) is 11.5 Å². The summed E-state index contributed by atoms with van der Waals surface area (Å²) >= 11 is 0. The van der Waals surface area contributed by atoms with E-state index in [1.165, 1.54) is 22.4 Å². The quantitative estimate of drug-likeness (QED) is 0.375. The molecule has 0 saturated heterocycles. The fourth-order valence-electron chi connectivity index (χ4n) is 4.46. The molecular formula is C29H32N2O3. The van der Waals surface area contributed by atoms with E-state index in [1.807, 2.05) is 30.3 Å². The smallest absolute Gasteiger partial charge is 0.251 e. The number of benzene rings is 3. The van der Waals surface area contributed by atoms with Crippen LogP contribution < -0.4 is 14.8 Å². The van der Waals surface area contributed by atoms with Crippen LogP contribution in [0.1, 0.15) is 38.3 Å². The van der Waals surface area contributed by atoms with Gasteiger partial charge in [0.15, 0.2) is 0 Å². The van der Waals surface area contributed by atoms with Gasteiger partial charge >= 0.3 is 0 Å². The number of nitrogens with one attached hydrogen (secondary N) is 1. The first-order valence-electron chi connectivity index (χ1n) is 11.6. The van der Waals surface area contributed by atoms with Crippen molar-refractivity contribution in [1.82, 2.24) is 9.88 Å². The molecule has 1 N–H and O–H groups in total. The number of aromatic nitrogens is 1. The summed E-state index contributed by atoms with van der Waals surface area (Å²) < 4.78 is 13.0. The van der Waals surface area contributed by atoms with Crippen LogP contribution in [0.4, 0.5) is 0 Å². The predicted molar refractivity (Wildman–Crippen MR) is 137 cm³/mol. The predicted octanol–water partition coefficient (Wildman–Crippen LogP) is 5.60. The summed E-state index contributed by atoms with van der Waals surface area (Å²) in [7, 11) is 3.27. The van der Waals surface area contributed by atoms with Gasteiger partial charge in [-0.2, -0.15) is 0 Å². The molecule has 0 saturated carbocycles. The number of fused-ring (bicyclic) bond motifs is 1. The molecule has 0 aliphatic heterocycles. The van der Waals surface area contributed by atoms with Gasteiger partial charge in [-0.25, -0.2) is 0 Å². The van der Waals surface area contributed by atoms with Crippen LogP contribution in [0.15, 0.2) is 60.7 Å². The van der Waals surface area contributed by atoms with Crippen LogP contribution in [0.25, 0.3) is 10.9 Å². The number of hydrogen-bond acceptors (Lipinski definition) is 3. The van der Waals surface area contributed by atoms with Crippen molar-refractivity contribution in [2.24, 2.45) is 0 Å². The third-order valence-electron chi connectivity index (χ3n) is 6.50. The molecule has 0 aliphatic rings. The van der Waals surface area contributed by atoms with Crippen molar-refractivity contribution in [3.05, 3.63) is 94.2 Å². The second-order valence-corrected chi connectivity index (χ2v) is 8.70. The van der Waals surface area contributed by atoms with E-state index in [0.717, 1.165) is 34.5 Å². The van der Waals surface area contributed by atoms with Crippen LogP contribution in [-0.4, -0.2) is 31.2 Å². The zero-order valence-corrected chi connectivity index (χ0v) is 20.6. The summed E-state index contributed by atoms with van der Waals surface area (Å²) in [5.74, 6) is 1.44. The van der Waals surface area contributed by atoms with Crippen molar-refractivity contribution < 1.29 is 14.3 Å². The van der Waals surface area contributed by atoms with Crippen molar-refractivity contribution in [2.75, 3.05) is 20.8 Å². The Morgan fingerprint density at radius 2 is 1.76 bits per heavy atom. The van der Waals surface area contributed by atoms with Crippen LogP contribution in [0.5, 0.6) is 11.5 Å². The zero-order valence-electron chi connectivity index (χ0n) is 20.6. The minimum atomic E-state index is -0.0714. The number of rotatable bonds is 8. The van der Waals surface area contributed by atoms with Crippen molar-refractivity contribution in [2.45, 2.75) is 33.7 Å². The maximum atomic E-state index is 12.9. The van der Waals surface area contributed by atoms with Gasteiger partial charge in [-0.05, 0) is 68.1 Å². The van der Waals surface area contributed by atoms with Gasteiger partial charge in [0, 0.05) is 41.3 Å². The molecule has 0 spiro atoms. The van der Waals surface area contributed by atoms with Gasteiger partial charge < -0.3 is 19.4 Å². The summed E-state index contributed by atoms with van der Waals surface area (Å²) in [6.45, 7) is 7.72. The molecule has 0 unspecified atom stereocenters. The van der Waals surface area contributed by atoms with Gasteiger partial charge in [0.25, 0.3) is 5.91 Å². The monoisotopic (exact) mass is 456 g/mol. The van der Waals surface area contributed by atoms with E-state index in [9.17, 15) is 4.79 Å². The number of ether oxygens (including phenoxy) is 2. The lowest BCUT2D eigenvalue weighted by Gasteiger charge is -2.11. The Labute approximate surface area is 201 Å². The molecule has 4 aromatic rings. The molecule has 3 aromatic carbocycles. The molecule has 0 bridgehead atoms. The number of methoxy groups -OCH3 is 2. The first-order chi connectivity index (χ1) is 16.4. The second kappa shape index (κ2) is 10.0. The molecule has 0 atom stereocenters. The number of nitrogens with zero attached hydrogens (tertiary/aromatic N) is 1. The van der Waals surface area contributed by atoms with Crippen molar-refractivity contribution in [1.29, 1.82) is 0 Å². The standard InChI is InChI=1S/C29H32N2O3/c1-19-7-6-8-22(15-19)18-31-21(3)20(2)26-16-24(10-12-27(26)31)29(32)30-14-13-23-9-11-25(33-4)17-28(23)34-5/h6-12,15-17H,13-14,18H2,1-5H3,(H,30,32). The summed E-state index contributed by atoms with van der Waals surface area (Å²) in [5.41, 5.74) is 7.81. The normalized spacial score (nSPS) is 11.0. The minimum absolute atomic E-state index is 0.0714. The Bertz CT molecular complexity index is 1340. The Morgan fingerprint density at radius 3 is 2.50 bits per heavy atom. The highest BCUT2D eigenvalue weighted by Gasteiger charge is 2.15. The fraction of sp³-hybridized carbons (Fsp3) is 0.276. The summed E-state index contributed by atoms with van der Waals surface area (Å²) in [6.07, 6.45) is 0.673. The molecule has 1 heterocycles. The lowest BCUT2D eigenvalue weighted by atomic mass is 10.1. The van der Waals surface area contributed by atoms with Crippen LogP contribution in [-0.2, 0) is 13.0 Å². The van der Waals surface area contributed by atoms with Gasteiger partial charge in [-0.3, -0.25) is 4.79 Å². The van der Waals surface area contributed by atoms with E-state index in [1.54, 1.807) is 14.2 Å². The van der Waals surface area contributed by atoms with Gasteiger partial charge in [-0.15, -0.1) is 0 Å². The fourth-order valence-corrected chi connectivity index (χ4v) is 4.46. The highest BCUT2D eigenvalue weighted by Crippen LogP contribution is 2.28. The maximum absolute atomic E-state index is 12.9. The third-order valence-corrected chi connectivity index (χ3v) is 6.50. The van der Waals surface area contributed by atoms with Gasteiger partial charge in [0.05, 0.1) is 14.2 Å². The largest absolute Gasteiger partial charge is 0.497 e. The number of carbonyl (C=O) groups excluding carboxylic acids is 1. The summed E-state index contributed by atoms with van der Waals surface area (Å²) in [4.78, 5) is 12.9. The summed E-state index contributed by atoms with van der Waals surface area (Å²) in [5, 5.41) is 4.17. The summed E-state index contributed by atoms with van der Waals surface area (Å²) in [6, 6.07) is 20.3. The molecule has 1 amide bonds. The maximum Gasteiger partial charge on any atom is 0.251 e. The Kier molecular flexibility index (Phi) is 6.92. The van der Waals surface area contributed by atoms with Crippen LogP contribution in [0.3, 0.4) is 0 Å². The first-order valence-corrected chi connectivity index (χ1v) is 11.6. The number of carbonyl (C=O) groups is 1. The molecule has 5 nitrogen and oxygen atoms in total. The molecule has 4 rings (SSSR count). The Balaban J connectivity index is 1.49. The Morgan fingerprint density at radius 1 is 0.941 bits per heavy atom. The zero-order chi connectivity index (χ0) is 24.2. The highest BCUT2D eigenvalue weighted by atomic mass is 16.5. The van der Waals surface area contributed by atoms with Gasteiger partial charge in [-0.1, -0.05) is 35.9 Å². The van der Waals surface area contributed by atoms with Crippen molar-refractivity contribution in [3.63, 3.8) is 0 Å². The molecule has 176 valence electrons. The molecule has 0 fully saturated rings. The topological polar surface area (TPSA) is 52.5 Å². The third kappa shape index (κ3) is 4.79. The molecule has 0 aliphatic carbocycles. The molecular weight excluding hydrogens is 424 g/mol. The molecule has 0 radical (unpaired) electrons. The molecule has 5 heteroatoms. The number of amides is 1. The first kappa shape index (κ1) is 23.4. The van der Waals surface area contributed by atoms with Crippen LogP contribution in [0.2, 0.25) is 0 Å². The van der Waals surface area contributed by atoms with Crippen molar-refractivity contribution in [3.8, 4) is 11.5 Å². The van der Waals surface area contributed by atoms with E-state index >= 15 is 0 Å². The van der Waals surface area contributed by atoms with E-state index in [4.69, 9.17) is 9.47 Å². The van der Waals surface area contributed by atoms with Gasteiger partial charge in [0.2, 0.25) is 0 Å². The number of aryl methyl sites for hydroxylation is 2. The second-order valence-electron chi connectivity index (χ2n) is 8.70. The van der Waals surface area contributed by atoms with E-state index in [2.05, 4.69) is 61.0 Å². The van der Waals surface area contributed by atoms with Crippen LogP contribution in [0, 0.1) is 20.8 Å². The lowest BCUT2D eigenvalue weighted by molar-refractivity contribution is 0.0954. The van der Waals surface area contributed by atoms with E-state index < -0.39 is 0 Å². The average molecular weight is 457 g/mol. The SMILES string of the molecule is COc1ccc(CCNC(=O)c2ccc3c(c2)c(C)c(C)n3Cc2cccc(C)c2)c(OC)c1. The number of hydrogen-bond donors (Lipinski definition) is 1. The van der Waals surface area contributed by atoms with E-state index in [-0.39, 0.29) is 5.91 Å². The van der Waals surface area contributed by atoms with Crippen LogP contribution >= 0.6 is 0 Å². The molecule has 34 heavy (non-hydrogen) atoms. The average Bonchev–Trinajstić information content (AvgIpc) is 3.08. The highest BCUT2D eigenvalue weighted by molar-refractivity contribution is 5.99. The molecule has 1 aromatic heterocycles. The minimum Gasteiger partial charge on any atom is -0.497 e. The van der Waals surface area contributed by atoms with E-state index in [0.29, 0.717) is 18.5 Å². The lowest BCUT2D eigenvalue weighted by Crippen LogP contribution is -2.25. The van der Waals surface area contributed by atoms with Crippen molar-refractivity contribution >= 4 is 16.8 Å². The Hall–Kier alpha value is -3.73.